The van der Waals surface area contributed by atoms with Gasteiger partial charge in [0.05, 0.1) is 5.92 Å². The molecule has 1 aliphatic heterocycles. The maximum atomic E-state index is 11.0. The third kappa shape index (κ3) is 3.19. The molecule has 4 nitrogen and oxygen atoms in total. The van der Waals surface area contributed by atoms with Crippen molar-refractivity contribution in [2.24, 2.45) is 5.92 Å². The molecule has 12 heavy (non-hydrogen) atoms. The van der Waals surface area contributed by atoms with Gasteiger partial charge in [-0.15, -0.1) is 12.4 Å². The fourth-order valence-electron chi connectivity index (χ4n) is 1.09. The van der Waals surface area contributed by atoms with E-state index in [9.17, 15) is 9.59 Å². The van der Waals surface area contributed by atoms with Gasteiger partial charge in [-0.1, -0.05) is 0 Å². The summed E-state index contributed by atoms with van der Waals surface area (Å²) in [5.41, 5.74) is 0. The molecule has 0 aliphatic carbocycles. The van der Waals surface area contributed by atoms with Crippen LogP contribution in [0.4, 0.5) is 0 Å². The quantitative estimate of drug-likeness (QED) is 0.497. The van der Waals surface area contributed by atoms with Crippen molar-refractivity contribution in [2.75, 3.05) is 19.7 Å². The smallest absolute Gasteiger partial charge is 0.310 e. The third-order valence-electron chi connectivity index (χ3n) is 1.69. The van der Waals surface area contributed by atoms with Gasteiger partial charge in [0.25, 0.3) is 0 Å². The first-order valence-electron chi connectivity index (χ1n) is 3.65. The minimum Gasteiger partial charge on any atom is -0.458 e. The number of hydrogen-bond acceptors (Lipinski definition) is 4. The minimum atomic E-state index is -0.262. The molecule has 0 saturated carbocycles. The second kappa shape index (κ2) is 5.97. The average molecular weight is 194 g/mol. The predicted octanol–water partition coefficient (Wildman–Crippen LogP) is -0.240. The lowest BCUT2D eigenvalue weighted by molar-refractivity contribution is -0.149. The van der Waals surface area contributed by atoms with Crippen molar-refractivity contribution in [2.45, 2.75) is 6.42 Å². The molecule has 0 aromatic heterocycles. The zero-order valence-electron chi connectivity index (χ0n) is 6.62. The monoisotopic (exact) mass is 193 g/mol. The molecule has 0 radical (unpaired) electrons. The fourth-order valence-corrected chi connectivity index (χ4v) is 1.09. The summed E-state index contributed by atoms with van der Waals surface area (Å²) in [6.07, 6.45) is 1.40. The molecule has 1 unspecified atom stereocenters. The summed E-state index contributed by atoms with van der Waals surface area (Å²) in [6.45, 7) is 1.42. The number of carbonyl (C=O) groups is 2. The Bertz CT molecular complexity index is 157. The number of esters is 1. The molecule has 0 aromatic carbocycles. The Morgan fingerprint density at radius 2 is 2.42 bits per heavy atom. The van der Waals surface area contributed by atoms with Crippen LogP contribution in [-0.4, -0.2) is 32.0 Å². The van der Waals surface area contributed by atoms with Crippen LogP contribution in [0.3, 0.4) is 0 Å². The number of rotatable bonds is 3. The molecule has 0 spiro atoms. The summed E-state index contributed by atoms with van der Waals surface area (Å²) < 4.78 is 4.63. The Balaban J connectivity index is 0.00000121. The van der Waals surface area contributed by atoms with E-state index in [1.54, 1.807) is 0 Å². The highest BCUT2D eigenvalue weighted by Crippen LogP contribution is 2.08. The number of aldehydes is 1. The highest BCUT2D eigenvalue weighted by molar-refractivity contribution is 5.85. The Morgan fingerprint density at radius 1 is 1.67 bits per heavy atom. The minimum absolute atomic E-state index is 0. The van der Waals surface area contributed by atoms with Crippen LogP contribution in [0.5, 0.6) is 0 Å². The number of ether oxygens (including phenoxy) is 1. The lowest BCUT2D eigenvalue weighted by atomic mass is 10.1. The SMILES string of the molecule is Cl.O=CCOC(=O)C1CCNC1. The molecule has 0 bridgehead atoms. The zero-order chi connectivity index (χ0) is 8.10. The largest absolute Gasteiger partial charge is 0.458 e. The maximum absolute atomic E-state index is 11.0. The van der Waals surface area contributed by atoms with E-state index < -0.39 is 0 Å². The van der Waals surface area contributed by atoms with E-state index in [1.807, 2.05) is 0 Å². The van der Waals surface area contributed by atoms with Crippen molar-refractivity contribution in [1.82, 2.24) is 5.32 Å². The first kappa shape index (κ1) is 11.4. The molecule has 0 aromatic rings. The standard InChI is InChI=1S/C7H11NO3.ClH/c9-3-4-11-7(10)6-1-2-8-5-6;/h3,6,8H,1-2,4-5H2;1H. The average Bonchev–Trinajstić information content (AvgIpc) is 2.52. The van der Waals surface area contributed by atoms with Gasteiger partial charge >= 0.3 is 5.97 Å². The lowest BCUT2D eigenvalue weighted by Crippen LogP contribution is -2.20. The number of carbonyl (C=O) groups excluding carboxylic acids is 2. The van der Waals surface area contributed by atoms with Crippen molar-refractivity contribution < 1.29 is 14.3 Å². The molecule has 1 saturated heterocycles. The Morgan fingerprint density at radius 3 is 2.92 bits per heavy atom. The van der Waals surface area contributed by atoms with Gasteiger partial charge in [-0.3, -0.25) is 9.59 Å². The normalized spacial score (nSPS) is 21.2. The van der Waals surface area contributed by atoms with Crippen molar-refractivity contribution in [1.29, 1.82) is 0 Å². The molecule has 1 aliphatic rings. The van der Waals surface area contributed by atoms with E-state index in [2.05, 4.69) is 10.1 Å². The Labute approximate surface area is 77.1 Å². The van der Waals surface area contributed by atoms with E-state index in [4.69, 9.17) is 0 Å². The van der Waals surface area contributed by atoms with E-state index in [1.165, 1.54) is 0 Å². The number of hydrogen-bond donors (Lipinski definition) is 1. The number of halogens is 1. The van der Waals surface area contributed by atoms with Crippen LogP contribution < -0.4 is 5.32 Å². The topological polar surface area (TPSA) is 55.4 Å². The van der Waals surface area contributed by atoms with Gasteiger partial charge < -0.3 is 10.1 Å². The summed E-state index contributed by atoms with van der Waals surface area (Å²) in [6, 6.07) is 0. The maximum Gasteiger partial charge on any atom is 0.310 e. The van der Waals surface area contributed by atoms with Gasteiger partial charge in [-0.25, -0.2) is 0 Å². The first-order chi connectivity index (χ1) is 5.34. The van der Waals surface area contributed by atoms with Crippen LogP contribution in [0.15, 0.2) is 0 Å². The summed E-state index contributed by atoms with van der Waals surface area (Å²) in [7, 11) is 0. The Hall–Kier alpha value is -0.610. The van der Waals surface area contributed by atoms with Crippen LogP contribution in [0, 0.1) is 5.92 Å². The second-order valence-electron chi connectivity index (χ2n) is 2.49. The summed E-state index contributed by atoms with van der Waals surface area (Å²) in [5.74, 6) is -0.308. The lowest BCUT2D eigenvalue weighted by Gasteiger charge is -2.05. The van der Waals surface area contributed by atoms with Crippen LogP contribution in [0.1, 0.15) is 6.42 Å². The van der Waals surface area contributed by atoms with Gasteiger partial charge in [0, 0.05) is 6.54 Å². The van der Waals surface area contributed by atoms with E-state index >= 15 is 0 Å². The van der Waals surface area contributed by atoms with Crippen molar-refractivity contribution in [3.8, 4) is 0 Å². The summed E-state index contributed by atoms with van der Waals surface area (Å²) in [4.78, 5) is 20.8. The van der Waals surface area contributed by atoms with Gasteiger partial charge in [0.1, 0.15) is 6.61 Å². The zero-order valence-corrected chi connectivity index (χ0v) is 7.43. The first-order valence-corrected chi connectivity index (χ1v) is 3.65. The molecule has 0 amide bonds. The Kier molecular flexibility index (Phi) is 5.66. The molecule has 1 atom stereocenters. The summed E-state index contributed by atoms with van der Waals surface area (Å²) >= 11 is 0. The van der Waals surface area contributed by atoms with Gasteiger partial charge in [0.2, 0.25) is 0 Å². The van der Waals surface area contributed by atoms with Crippen LogP contribution in [0.25, 0.3) is 0 Å². The van der Waals surface area contributed by atoms with Gasteiger partial charge in [0.15, 0.2) is 6.29 Å². The third-order valence-corrected chi connectivity index (χ3v) is 1.69. The van der Waals surface area contributed by atoms with Crippen LogP contribution in [0.2, 0.25) is 0 Å². The molecule has 1 heterocycles. The second-order valence-corrected chi connectivity index (χ2v) is 2.49. The van der Waals surface area contributed by atoms with Crippen molar-refractivity contribution in [3.63, 3.8) is 0 Å². The van der Waals surface area contributed by atoms with Crippen molar-refractivity contribution in [3.05, 3.63) is 0 Å². The molecular formula is C7H12ClNO3. The van der Waals surface area contributed by atoms with E-state index in [-0.39, 0.29) is 30.9 Å². The highest BCUT2D eigenvalue weighted by atomic mass is 35.5. The molecule has 1 rings (SSSR count). The van der Waals surface area contributed by atoms with Crippen molar-refractivity contribution >= 4 is 24.7 Å². The van der Waals surface area contributed by atoms with Crippen LogP contribution in [-0.2, 0) is 14.3 Å². The summed E-state index contributed by atoms with van der Waals surface area (Å²) in [5, 5.41) is 3.04. The molecular weight excluding hydrogens is 182 g/mol. The van der Waals surface area contributed by atoms with Gasteiger partial charge in [-0.2, -0.15) is 0 Å². The number of nitrogens with one attached hydrogen (secondary N) is 1. The molecule has 70 valence electrons. The van der Waals surface area contributed by atoms with E-state index in [0.29, 0.717) is 12.8 Å². The predicted molar refractivity (Wildman–Crippen MR) is 45.2 cm³/mol. The van der Waals surface area contributed by atoms with Gasteiger partial charge in [-0.05, 0) is 13.0 Å². The highest BCUT2D eigenvalue weighted by Gasteiger charge is 2.23. The van der Waals surface area contributed by atoms with Crippen LogP contribution >= 0.6 is 12.4 Å². The molecule has 1 N–H and O–H groups in total. The molecule has 1 fully saturated rings. The fraction of sp³-hybridized carbons (Fsp3) is 0.714. The van der Waals surface area contributed by atoms with E-state index in [0.717, 1.165) is 13.0 Å². The molecule has 5 heteroatoms.